The van der Waals surface area contributed by atoms with Gasteiger partial charge in [0.25, 0.3) is 0 Å². The van der Waals surface area contributed by atoms with E-state index in [9.17, 15) is 14.9 Å². The largest absolute Gasteiger partial charge is 0.383 e. The van der Waals surface area contributed by atoms with E-state index in [-0.39, 0.29) is 23.8 Å². The lowest BCUT2D eigenvalue weighted by molar-refractivity contribution is -0.383. The Balaban J connectivity index is 2.84. The molecule has 1 aromatic rings. The number of nitrogens with zero attached hydrogens (tertiary/aromatic N) is 2. The Morgan fingerprint density at radius 2 is 2.24 bits per heavy atom. The first-order valence-electron chi connectivity index (χ1n) is 6.22. The molecule has 1 rings (SSSR count). The zero-order valence-corrected chi connectivity index (χ0v) is 12.0. The number of hydrazine groups is 1. The molecule has 4 N–H and O–H groups in total. The molecule has 0 aliphatic rings. The second kappa shape index (κ2) is 8.02. The number of nitrogens with one attached hydrogen (secondary N) is 2. The Morgan fingerprint density at radius 1 is 1.52 bits per heavy atom. The lowest BCUT2D eigenvalue weighted by Crippen LogP contribution is -2.36. The number of nitro benzene ring substituents is 1. The van der Waals surface area contributed by atoms with Crippen molar-refractivity contribution in [1.29, 1.82) is 0 Å². The molecule has 0 heterocycles. The number of rotatable bonds is 8. The summed E-state index contributed by atoms with van der Waals surface area (Å²) in [4.78, 5) is 23.8. The minimum Gasteiger partial charge on any atom is -0.383 e. The van der Waals surface area contributed by atoms with Gasteiger partial charge >= 0.3 is 5.69 Å². The molecule has 0 saturated heterocycles. The van der Waals surface area contributed by atoms with E-state index < -0.39 is 4.92 Å². The normalized spacial score (nSPS) is 10.0. The van der Waals surface area contributed by atoms with Crippen molar-refractivity contribution in [2.75, 3.05) is 44.2 Å². The van der Waals surface area contributed by atoms with Gasteiger partial charge in [0.2, 0.25) is 5.91 Å². The van der Waals surface area contributed by atoms with E-state index in [0.717, 1.165) is 0 Å². The van der Waals surface area contributed by atoms with Crippen LogP contribution in [0.2, 0.25) is 0 Å². The summed E-state index contributed by atoms with van der Waals surface area (Å²) < 4.78 is 4.82. The molecule has 0 saturated carbocycles. The van der Waals surface area contributed by atoms with Crippen LogP contribution in [0.4, 0.5) is 17.1 Å². The number of nitro groups is 1. The van der Waals surface area contributed by atoms with Gasteiger partial charge < -0.3 is 20.4 Å². The fraction of sp³-hybridized carbons (Fsp3) is 0.417. The van der Waals surface area contributed by atoms with Crippen LogP contribution in [0.3, 0.4) is 0 Å². The smallest absolute Gasteiger partial charge is 0.316 e. The maximum atomic E-state index is 11.7. The highest BCUT2D eigenvalue weighted by Crippen LogP contribution is 2.34. The highest BCUT2D eigenvalue weighted by Gasteiger charge is 2.22. The molecule has 9 heteroatoms. The molecule has 0 atom stereocenters. The summed E-state index contributed by atoms with van der Waals surface area (Å²) in [6.07, 6.45) is 0. The Labute approximate surface area is 122 Å². The van der Waals surface area contributed by atoms with E-state index in [0.29, 0.717) is 18.8 Å². The quantitative estimate of drug-likeness (QED) is 0.269. The van der Waals surface area contributed by atoms with Crippen LogP contribution in [-0.4, -0.2) is 44.7 Å². The van der Waals surface area contributed by atoms with Crippen molar-refractivity contribution >= 4 is 23.0 Å². The molecule has 21 heavy (non-hydrogen) atoms. The number of nitrogens with two attached hydrogens (primary N) is 1. The maximum Gasteiger partial charge on any atom is 0.316 e. The first-order chi connectivity index (χ1) is 10.0. The van der Waals surface area contributed by atoms with E-state index in [4.69, 9.17) is 10.6 Å². The monoisotopic (exact) mass is 297 g/mol. The molecular formula is C12H19N5O4. The molecule has 0 spiro atoms. The van der Waals surface area contributed by atoms with Crippen LogP contribution in [-0.2, 0) is 9.53 Å². The molecular weight excluding hydrogens is 278 g/mol. The van der Waals surface area contributed by atoms with Crippen LogP contribution in [0, 0.1) is 10.1 Å². The number of para-hydroxylation sites is 1. The molecule has 0 aromatic heterocycles. The second-order valence-electron chi connectivity index (χ2n) is 4.27. The van der Waals surface area contributed by atoms with Crippen molar-refractivity contribution in [3.8, 4) is 0 Å². The van der Waals surface area contributed by atoms with E-state index in [1.807, 2.05) is 0 Å². The fourth-order valence-electron chi connectivity index (χ4n) is 1.80. The first kappa shape index (κ1) is 16.7. The van der Waals surface area contributed by atoms with E-state index in [1.54, 1.807) is 19.2 Å². The highest BCUT2D eigenvalue weighted by atomic mass is 16.6. The first-order valence-corrected chi connectivity index (χ1v) is 6.22. The van der Waals surface area contributed by atoms with Gasteiger partial charge in [-0.3, -0.25) is 20.8 Å². The SMILES string of the molecule is COCCNC(=O)CN(C)c1cccc(NN)c1[N+](=O)[O-]. The van der Waals surface area contributed by atoms with Crippen molar-refractivity contribution in [2.24, 2.45) is 5.84 Å². The van der Waals surface area contributed by atoms with Crippen LogP contribution >= 0.6 is 0 Å². The number of hydrogen-bond acceptors (Lipinski definition) is 7. The van der Waals surface area contributed by atoms with Gasteiger partial charge in [0.1, 0.15) is 11.4 Å². The standard InChI is InChI=1S/C12H19N5O4/c1-16(8-11(18)14-6-7-21-2)10-5-3-4-9(15-13)12(10)17(19)20/h3-5,15H,6-8,13H2,1-2H3,(H,14,18). The molecule has 9 nitrogen and oxygen atoms in total. The second-order valence-corrected chi connectivity index (χ2v) is 4.27. The molecule has 1 aromatic carbocycles. The van der Waals surface area contributed by atoms with Gasteiger partial charge in [-0.05, 0) is 12.1 Å². The summed E-state index contributed by atoms with van der Waals surface area (Å²) in [7, 11) is 3.13. The lowest BCUT2D eigenvalue weighted by Gasteiger charge is -2.19. The maximum absolute atomic E-state index is 11.7. The number of nitrogen functional groups attached to an aromatic ring is 1. The number of ether oxygens (including phenoxy) is 1. The zero-order valence-electron chi connectivity index (χ0n) is 12.0. The van der Waals surface area contributed by atoms with Crippen molar-refractivity contribution in [3.05, 3.63) is 28.3 Å². The Bertz CT molecular complexity index is 508. The molecule has 0 aliphatic carbocycles. The Hall–Kier alpha value is -2.39. The van der Waals surface area contributed by atoms with Crippen LogP contribution in [0.25, 0.3) is 0 Å². The zero-order chi connectivity index (χ0) is 15.8. The van der Waals surface area contributed by atoms with Crippen LogP contribution < -0.4 is 21.5 Å². The van der Waals surface area contributed by atoms with E-state index >= 15 is 0 Å². The van der Waals surface area contributed by atoms with Gasteiger partial charge in [-0.1, -0.05) is 6.07 Å². The van der Waals surface area contributed by atoms with Crippen molar-refractivity contribution < 1.29 is 14.5 Å². The fourth-order valence-corrected chi connectivity index (χ4v) is 1.80. The number of amides is 1. The predicted octanol–water partition coefficient (Wildman–Crippen LogP) is 0.0792. The van der Waals surface area contributed by atoms with Crippen LogP contribution in [0.15, 0.2) is 18.2 Å². The third-order valence-electron chi connectivity index (χ3n) is 2.77. The number of hydrogen-bond donors (Lipinski definition) is 3. The topological polar surface area (TPSA) is 123 Å². The van der Waals surface area contributed by atoms with Gasteiger partial charge in [-0.25, -0.2) is 0 Å². The van der Waals surface area contributed by atoms with Gasteiger partial charge in [0.15, 0.2) is 0 Å². The average molecular weight is 297 g/mol. The molecule has 0 aliphatic heterocycles. The van der Waals surface area contributed by atoms with Crippen molar-refractivity contribution in [2.45, 2.75) is 0 Å². The summed E-state index contributed by atoms with van der Waals surface area (Å²) >= 11 is 0. The van der Waals surface area contributed by atoms with Gasteiger partial charge in [0, 0.05) is 20.7 Å². The third kappa shape index (κ3) is 4.58. The van der Waals surface area contributed by atoms with Gasteiger partial charge in [-0.15, -0.1) is 0 Å². The highest BCUT2D eigenvalue weighted by molar-refractivity contribution is 5.84. The van der Waals surface area contributed by atoms with E-state index in [2.05, 4.69) is 10.7 Å². The summed E-state index contributed by atoms with van der Waals surface area (Å²) in [5.74, 6) is 5.02. The number of carbonyl (C=O) groups excluding carboxylic acids is 1. The summed E-state index contributed by atoms with van der Waals surface area (Å²) in [6.45, 7) is 0.774. The number of anilines is 2. The van der Waals surface area contributed by atoms with E-state index in [1.165, 1.54) is 18.1 Å². The number of benzene rings is 1. The average Bonchev–Trinajstić information content (AvgIpc) is 2.46. The summed E-state index contributed by atoms with van der Waals surface area (Å²) in [5.41, 5.74) is 2.60. The predicted molar refractivity (Wildman–Crippen MR) is 79.1 cm³/mol. The van der Waals surface area contributed by atoms with Crippen LogP contribution in [0.1, 0.15) is 0 Å². The van der Waals surface area contributed by atoms with Gasteiger partial charge in [0.05, 0.1) is 18.1 Å². The van der Waals surface area contributed by atoms with Crippen LogP contribution in [0.5, 0.6) is 0 Å². The number of likely N-dealkylation sites (N-methyl/N-ethyl adjacent to an activating group) is 1. The summed E-state index contributed by atoms with van der Waals surface area (Å²) in [6, 6.07) is 4.67. The molecule has 0 fully saturated rings. The van der Waals surface area contributed by atoms with Crippen molar-refractivity contribution in [3.63, 3.8) is 0 Å². The third-order valence-corrected chi connectivity index (χ3v) is 2.77. The van der Waals surface area contributed by atoms with Crippen molar-refractivity contribution in [1.82, 2.24) is 5.32 Å². The minimum atomic E-state index is -0.538. The Morgan fingerprint density at radius 3 is 2.81 bits per heavy atom. The lowest BCUT2D eigenvalue weighted by atomic mass is 10.2. The number of methoxy groups -OCH3 is 1. The molecule has 0 bridgehead atoms. The Kier molecular flexibility index (Phi) is 6.37. The number of carbonyl (C=O) groups is 1. The minimum absolute atomic E-state index is 0.0153. The van der Waals surface area contributed by atoms with Gasteiger partial charge in [-0.2, -0.15) is 0 Å². The molecule has 0 radical (unpaired) electrons. The molecule has 0 unspecified atom stereocenters. The molecule has 116 valence electrons. The molecule has 1 amide bonds. The summed E-state index contributed by atoms with van der Waals surface area (Å²) in [5, 5.41) is 13.8.